The zero-order valence-corrected chi connectivity index (χ0v) is 23.5. The Balaban J connectivity index is 1.42. The summed E-state index contributed by atoms with van der Waals surface area (Å²) in [6, 6.07) is 31.8. The lowest BCUT2D eigenvalue weighted by Crippen LogP contribution is -2.23. The molecule has 8 heteroatoms. The molecule has 2 N–H and O–H groups in total. The standard InChI is InChI=1S/C34H32N4O4/c1-3-10-31-36-37-33(42-31)30(35-29-16-8-7-15-28(29)32(39)25-11-5-4-6-12-25)21-23-17-19-24(20-18-23)26-13-9-14-27(22-26)38(2)34(40)41/h4-9,11-20,22,30,35H,3,10,21H2,1-2H3,(H,40,41)/t30-/m0/s1. The fourth-order valence-corrected chi connectivity index (χ4v) is 4.74. The maximum Gasteiger partial charge on any atom is 0.411 e. The highest BCUT2D eigenvalue weighted by atomic mass is 16.4. The largest absolute Gasteiger partial charge is 0.465 e. The van der Waals surface area contributed by atoms with Gasteiger partial charge in [-0.15, -0.1) is 10.2 Å². The Bertz CT molecular complexity index is 1660. The van der Waals surface area contributed by atoms with E-state index in [0.717, 1.165) is 23.1 Å². The molecule has 1 atom stereocenters. The Kier molecular flexibility index (Phi) is 8.72. The van der Waals surface area contributed by atoms with Gasteiger partial charge in [0.1, 0.15) is 6.04 Å². The van der Waals surface area contributed by atoms with Crippen LogP contribution in [0.3, 0.4) is 0 Å². The highest BCUT2D eigenvalue weighted by molar-refractivity contribution is 6.12. The van der Waals surface area contributed by atoms with Gasteiger partial charge in [0.15, 0.2) is 5.78 Å². The van der Waals surface area contributed by atoms with E-state index >= 15 is 0 Å². The highest BCUT2D eigenvalue weighted by Gasteiger charge is 2.22. The Morgan fingerprint density at radius 2 is 1.62 bits per heavy atom. The van der Waals surface area contributed by atoms with E-state index in [1.165, 1.54) is 11.9 Å². The molecule has 5 aromatic rings. The lowest BCUT2D eigenvalue weighted by Gasteiger charge is -2.19. The second kappa shape index (κ2) is 13.0. The topological polar surface area (TPSA) is 109 Å². The molecule has 5 rings (SSSR count). The number of ketones is 1. The molecule has 1 amide bonds. The van der Waals surface area contributed by atoms with Crippen LogP contribution in [0.15, 0.2) is 108 Å². The quantitative estimate of drug-likeness (QED) is 0.162. The monoisotopic (exact) mass is 560 g/mol. The lowest BCUT2D eigenvalue weighted by molar-refractivity contribution is 0.103. The van der Waals surface area contributed by atoms with Gasteiger partial charge in [-0.1, -0.05) is 85.8 Å². The summed E-state index contributed by atoms with van der Waals surface area (Å²) in [5, 5.41) is 21.4. The number of carbonyl (C=O) groups excluding carboxylic acids is 1. The van der Waals surface area contributed by atoms with Crippen molar-refractivity contribution in [3.63, 3.8) is 0 Å². The van der Waals surface area contributed by atoms with Crippen molar-refractivity contribution in [3.8, 4) is 11.1 Å². The number of para-hydroxylation sites is 1. The van der Waals surface area contributed by atoms with Crippen molar-refractivity contribution < 1.29 is 19.1 Å². The summed E-state index contributed by atoms with van der Waals surface area (Å²) in [4.78, 5) is 26.0. The van der Waals surface area contributed by atoms with E-state index in [1.807, 2.05) is 97.1 Å². The first-order valence-corrected chi connectivity index (χ1v) is 13.9. The van der Waals surface area contributed by atoms with Gasteiger partial charge in [-0.3, -0.25) is 9.69 Å². The maximum absolute atomic E-state index is 13.4. The zero-order chi connectivity index (χ0) is 29.5. The summed E-state index contributed by atoms with van der Waals surface area (Å²) < 4.78 is 6.04. The van der Waals surface area contributed by atoms with Gasteiger partial charge in [0.25, 0.3) is 0 Å². The van der Waals surface area contributed by atoms with Gasteiger partial charge >= 0.3 is 6.09 Å². The molecule has 1 heterocycles. The van der Waals surface area contributed by atoms with Gasteiger partial charge in [0.2, 0.25) is 11.8 Å². The molecule has 8 nitrogen and oxygen atoms in total. The van der Waals surface area contributed by atoms with Crippen LogP contribution in [0.4, 0.5) is 16.2 Å². The van der Waals surface area contributed by atoms with Crippen LogP contribution >= 0.6 is 0 Å². The number of hydrogen-bond donors (Lipinski definition) is 2. The Hall–Kier alpha value is -5.24. The summed E-state index contributed by atoms with van der Waals surface area (Å²) in [6.45, 7) is 2.06. The molecule has 0 radical (unpaired) electrons. The number of carboxylic acid groups (broad SMARTS) is 1. The summed E-state index contributed by atoms with van der Waals surface area (Å²) in [6.07, 6.45) is 1.09. The Labute approximate surface area is 244 Å². The van der Waals surface area contributed by atoms with Crippen LogP contribution < -0.4 is 10.2 Å². The first-order valence-electron chi connectivity index (χ1n) is 13.9. The number of benzene rings is 4. The summed E-state index contributed by atoms with van der Waals surface area (Å²) in [5.41, 5.74) is 5.35. The third-order valence-corrected chi connectivity index (χ3v) is 7.03. The van der Waals surface area contributed by atoms with Crippen molar-refractivity contribution in [1.29, 1.82) is 0 Å². The molecule has 0 bridgehead atoms. The van der Waals surface area contributed by atoms with E-state index in [9.17, 15) is 14.7 Å². The van der Waals surface area contributed by atoms with E-state index in [1.54, 1.807) is 6.07 Å². The molecule has 4 aromatic carbocycles. The van der Waals surface area contributed by atoms with E-state index in [-0.39, 0.29) is 11.8 Å². The molecule has 0 fully saturated rings. The zero-order valence-electron chi connectivity index (χ0n) is 23.5. The van der Waals surface area contributed by atoms with Crippen LogP contribution in [0.1, 0.15) is 52.7 Å². The van der Waals surface area contributed by atoms with Gasteiger partial charge in [-0.05, 0) is 47.4 Å². The molecule has 0 saturated carbocycles. The van der Waals surface area contributed by atoms with Crippen LogP contribution in [-0.2, 0) is 12.8 Å². The molecule has 42 heavy (non-hydrogen) atoms. The second-order valence-electron chi connectivity index (χ2n) is 10.0. The smallest absolute Gasteiger partial charge is 0.411 e. The van der Waals surface area contributed by atoms with Crippen molar-refractivity contribution >= 4 is 23.3 Å². The van der Waals surface area contributed by atoms with Crippen LogP contribution in [0.2, 0.25) is 0 Å². The number of anilines is 2. The minimum atomic E-state index is -1.02. The molecule has 0 aliphatic heterocycles. The fourth-order valence-electron chi connectivity index (χ4n) is 4.74. The van der Waals surface area contributed by atoms with E-state index < -0.39 is 6.09 Å². The van der Waals surface area contributed by atoms with Crippen molar-refractivity contribution in [2.24, 2.45) is 0 Å². The van der Waals surface area contributed by atoms with Gasteiger partial charge in [-0.2, -0.15) is 0 Å². The minimum Gasteiger partial charge on any atom is -0.465 e. The van der Waals surface area contributed by atoms with Crippen LogP contribution in [0.5, 0.6) is 0 Å². The number of nitrogens with zero attached hydrogens (tertiary/aromatic N) is 3. The van der Waals surface area contributed by atoms with Crippen LogP contribution in [0.25, 0.3) is 11.1 Å². The van der Waals surface area contributed by atoms with Gasteiger partial charge in [0.05, 0.1) is 0 Å². The molecule has 0 aliphatic carbocycles. The number of amides is 1. The van der Waals surface area contributed by atoms with Crippen LogP contribution in [0, 0.1) is 0 Å². The second-order valence-corrected chi connectivity index (χ2v) is 10.0. The fraction of sp³-hybridized carbons (Fsp3) is 0.176. The van der Waals surface area contributed by atoms with Gasteiger partial charge < -0.3 is 14.8 Å². The molecule has 1 aromatic heterocycles. The number of nitrogens with one attached hydrogen (secondary N) is 1. The summed E-state index contributed by atoms with van der Waals surface area (Å²) in [5.74, 6) is 0.957. The molecular weight excluding hydrogens is 528 g/mol. The van der Waals surface area contributed by atoms with E-state index in [0.29, 0.717) is 47.1 Å². The number of hydrogen-bond acceptors (Lipinski definition) is 6. The highest BCUT2D eigenvalue weighted by Crippen LogP contribution is 2.29. The predicted octanol–water partition coefficient (Wildman–Crippen LogP) is 7.43. The SMILES string of the molecule is CCCc1nnc([C@H](Cc2ccc(-c3cccc(N(C)C(=O)O)c3)cc2)Nc2ccccc2C(=O)c2ccccc2)o1. The number of aromatic nitrogens is 2. The molecule has 212 valence electrons. The first-order chi connectivity index (χ1) is 20.4. The summed E-state index contributed by atoms with van der Waals surface area (Å²) >= 11 is 0. The normalized spacial score (nSPS) is 11.6. The summed E-state index contributed by atoms with van der Waals surface area (Å²) in [7, 11) is 1.52. The average molecular weight is 561 g/mol. The Morgan fingerprint density at radius 3 is 2.36 bits per heavy atom. The van der Waals surface area contributed by atoms with Crippen molar-refractivity contribution in [3.05, 3.63) is 132 Å². The third-order valence-electron chi connectivity index (χ3n) is 7.03. The van der Waals surface area contributed by atoms with Crippen LogP contribution in [-0.4, -0.2) is 34.2 Å². The molecular formula is C34H32N4O4. The predicted molar refractivity (Wildman–Crippen MR) is 163 cm³/mol. The minimum absolute atomic E-state index is 0.0743. The van der Waals surface area contributed by atoms with Crippen molar-refractivity contribution in [1.82, 2.24) is 10.2 Å². The van der Waals surface area contributed by atoms with Crippen molar-refractivity contribution in [2.75, 3.05) is 17.3 Å². The maximum atomic E-state index is 13.4. The lowest BCUT2D eigenvalue weighted by atomic mass is 9.98. The van der Waals surface area contributed by atoms with Gasteiger partial charge in [0, 0.05) is 42.4 Å². The molecule has 0 unspecified atom stereocenters. The van der Waals surface area contributed by atoms with Crippen molar-refractivity contribution in [2.45, 2.75) is 32.2 Å². The molecule has 0 aliphatic rings. The number of carbonyl (C=O) groups is 2. The first kappa shape index (κ1) is 28.3. The number of aryl methyl sites for hydroxylation is 1. The molecule has 0 saturated heterocycles. The third kappa shape index (κ3) is 6.55. The van der Waals surface area contributed by atoms with E-state index in [2.05, 4.69) is 22.4 Å². The number of rotatable bonds is 11. The average Bonchev–Trinajstić information content (AvgIpc) is 3.50. The van der Waals surface area contributed by atoms with E-state index in [4.69, 9.17) is 4.42 Å². The molecule has 0 spiro atoms. The Morgan fingerprint density at radius 1 is 0.881 bits per heavy atom. The van der Waals surface area contributed by atoms with Gasteiger partial charge in [-0.25, -0.2) is 4.79 Å².